The zero-order chi connectivity index (χ0) is 17.3. The number of benzene rings is 2. The molecule has 0 spiro atoms. The number of hydrogen-bond donors (Lipinski definition) is 0. The Morgan fingerprint density at radius 3 is 2.17 bits per heavy atom. The van der Waals surface area contributed by atoms with Crippen LogP contribution in [0.15, 0.2) is 36.4 Å². The molecule has 0 saturated heterocycles. The van der Waals surface area contributed by atoms with Crippen LogP contribution in [0.25, 0.3) is 10.8 Å². The number of nitrogens with zero attached hydrogens (tertiary/aromatic N) is 2. The van der Waals surface area contributed by atoms with E-state index in [1.54, 1.807) is 24.1 Å². The van der Waals surface area contributed by atoms with Crippen LogP contribution < -0.4 is 0 Å². The molecule has 1 heterocycles. The molecule has 5 heteroatoms. The predicted molar refractivity (Wildman–Crippen MR) is 91.9 cm³/mol. The van der Waals surface area contributed by atoms with Gasteiger partial charge in [0.1, 0.15) is 0 Å². The van der Waals surface area contributed by atoms with Gasteiger partial charge in [-0.2, -0.15) is 0 Å². The van der Waals surface area contributed by atoms with Crippen molar-refractivity contribution in [2.24, 2.45) is 0 Å². The fourth-order valence-electron chi connectivity index (χ4n) is 3.04. The van der Waals surface area contributed by atoms with Gasteiger partial charge in [0.05, 0.1) is 0 Å². The van der Waals surface area contributed by atoms with Gasteiger partial charge >= 0.3 is 0 Å². The fraction of sp³-hybridized carbons (Fsp3) is 0.316. The van der Waals surface area contributed by atoms with Gasteiger partial charge in [-0.1, -0.05) is 24.3 Å². The molecule has 0 bridgehead atoms. The fourth-order valence-corrected chi connectivity index (χ4v) is 3.04. The van der Waals surface area contributed by atoms with Crippen LogP contribution in [0.5, 0.6) is 0 Å². The second-order valence-electron chi connectivity index (χ2n) is 5.98. The van der Waals surface area contributed by atoms with Crippen LogP contribution >= 0.6 is 0 Å². The third-order valence-corrected chi connectivity index (χ3v) is 4.53. The molecule has 2 aromatic rings. The van der Waals surface area contributed by atoms with Crippen molar-refractivity contribution < 1.29 is 14.4 Å². The Hall–Kier alpha value is -2.69. The molecule has 0 fully saturated rings. The molecule has 1 aliphatic heterocycles. The topological polar surface area (TPSA) is 57.7 Å². The average Bonchev–Trinajstić information content (AvgIpc) is 2.61. The lowest BCUT2D eigenvalue weighted by Gasteiger charge is -2.27. The molecular weight excluding hydrogens is 304 g/mol. The lowest BCUT2D eigenvalue weighted by atomic mass is 9.94. The van der Waals surface area contributed by atoms with E-state index in [0.29, 0.717) is 30.5 Å². The van der Waals surface area contributed by atoms with E-state index in [4.69, 9.17) is 0 Å². The van der Waals surface area contributed by atoms with Gasteiger partial charge in [0.15, 0.2) is 0 Å². The third-order valence-electron chi connectivity index (χ3n) is 4.53. The van der Waals surface area contributed by atoms with Crippen LogP contribution in [0, 0.1) is 0 Å². The lowest BCUT2D eigenvalue weighted by molar-refractivity contribution is -0.129. The number of carbonyl (C=O) groups is 3. The molecular formula is C19H20N2O3. The number of imide groups is 1. The van der Waals surface area contributed by atoms with Crippen LogP contribution in [-0.2, 0) is 4.79 Å². The van der Waals surface area contributed by atoms with E-state index >= 15 is 0 Å². The molecule has 24 heavy (non-hydrogen) atoms. The van der Waals surface area contributed by atoms with Crippen LogP contribution in [0.2, 0.25) is 0 Å². The highest BCUT2D eigenvalue weighted by molar-refractivity contribution is 6.25. The maximum absolute atomic E-state index is 12.7. The number of carbonyl (C=O) groups excluding carboxylic acids is 3. The highest BCUT2D eigenvalue weighted by Gasteiger charge is 2.32. The molecule has 3 amide bonds. The van der Waals surface area contributed by atoms with E-state index in [-0.39, 0.29) is 24.3 Å². The van der Waals surface area contributed by atoms with E-state index in [1.807, 2.05) is 31.2 Å². The predicted octanol–water partition coefficient (Wildman–Crippen LogP) is 2.69. The molecule has 0 atom stereocenters. The zero-order valence-corrected chi connectivity index (χ0v) is 13.9. The first-order chi connectivity index (χ1) is 11.5. The monoisotopic (exact) mass is 324 g/mol. The van der Waals surface area contributed by atoms with Gasteiger partial charge < -0.3 is 4.90 Å². The van der Waals surface area contributed by atoms with Gasteiger partial charge in [0, 0.05) is 43.1 Å². The Morgan fingerprint density at radius 2 is 1.62 bits per heavy atom. The van der Waals surface area contributed by atoms with E-state index in [0.717, 1.165) is 10.8 Å². The van der Waals surface area contributed by atoms with Gasteiger partial charge in [-0.05, 0) is 30.9 Å². The third kappa shape index (κ3) is 2.66. The molecule has 0 radical (unpaired) electrons. The Kier molecular flexibility index (Phi) is 4.34. The molecule has 124 valence electrons. The molecule has 0 unspecified atom stereocenters. The number of rotatable bonds is 5. The summed E-state index contributed by atoms with van der Waals surface area (Å²) in [5.74, 6) is -0.530. The lowest BCUT2D eigenvalue weighted by Crippen LogP contribution is -2.41. The van der Waals surface area contributed by atoms with Gasteiger partial charge in [-0.25, -0.2) is 0 Å². The van der Waals surface area contributed by atoms with Gasteiger partial charge in [-0.15, -0.1) is 0 Å². The van der Waals surface area contributed by atoms with Gasteiger partial charge in [0.2, 0.25) is 5.91 Å². The Bertz CT molecular complexity index is 778. The van der Waals surface area contributed by atoms with Crippen molar-refractivity contribution in [1.29, 1.82) is 0 Å². The summed E-state index contributed by atoms with van der Waals surface area (Å²) in [5.41, 5.74) is 1.11. The van der Waals surface area contributed by atoms with Gasteiger partial charge in [-0.3, -0.25) is 19.3 Å². The normalized spacial score (nSPS) is 13.5. The Labute approximate surface area is 140 Å². The minimum absolute atomic E-state index is 0.0249. The van der Waals surface area contributed by atoms with Crippen molar-refractivity contribution >= 4 is 28.5 Å². The molecule has 5 nitrogen and oxygen atoms in total. The second-order valence-corrected chi connectivity index (χ2v) is 5.98. The molecule has 1 aliphatic rings. The van der Waals surface area contributed by atoms with Crippen molar-refractivity contribution in [2.75, 3.05) is 20.1 Å². The first-order valence-corrected chi connectivity index (χ1v) is 8.16. The molecule has 0 N–H and O–H groups in total. The molecule has 3 rings (SSSR count). The summed E-state index contributed by atoms with van der Waals surface area (Å²) in [5, 5.41) is 1.62. The van der Waals surface area contributed by atoms with Crippen LogP contribution in [0.4, 0.5) is 0 Å². The number of amides is 3. The first-order valence-electron chi connectivity index (χ1n) is 8.16. The quantitative estimate of drug-likeness (QED) is 0.795. The second kappa shape index (κ2) is 6.43. The largest absolute Gasteiger partial charge is 0.346 e. The minimum atomic E-state index is -0.277. The van der Waals surface area contributed by atoms with E-state index in [1.165, 1.54) is 4.90 Å². The van der Waals surface area contributed by atoms with Crippen LogP contribution in [0.3, 0.4) is 0 Å². The standard InChI is InChI=1S/C19H20N2O3/c1-3-20(2)16(22)11-6-12-21-18(23)14-9-4-7-13-8-5-10-15(17(13)14)19(21)24/h4-5,7-10H,3,6,11-12H2,1-2H3. The van der Waals surface area contributed by atoms with E-state index < -0.39 is 0 Å². The summed E-state index contributed by atoms with van der Waals surface area (Å²) in [7, 11) is 1.75. The zero-order valence-electron chi connectivity index (χ0n) is 13.9. The van der Waals surface area contributed by atoms with Crippen molar-refractivity contribution in [3.8, 4) is 0 Å². The van der Waals surface area contributed by atoms with Crippen molar-refractivity contribution in [3.63, 3.8) is 0 Å². The molecule has 0 saturated carbocycles. The number of hydrogen-bond acceptors (Lipinski definition) is 3. The smallest absolute Gasteiger partial charge is 0.261 e. The maximum atomic E-state index is 12.7. The van der Waals surface area contributed by atoms with Crippen molar-refractivity contribution in [2.45, 2.75) is 19.8 Å². The molecule has 0 aliphatic carbocycles. The average molecular weight is 324 g/mol. The summed E-state index contributed by atoms with van der Waals surface area (Å²) in [6, 6.07) is 11.0. The van der Waals surface area contributed by atoms with Crippen molar-refractivity contribution in [1.82, 2.24) is 9.80 Å². The maximum Gasteiger partial charge on any atom is 0.261 e. The van der Waals surface area contributed by atoms with E-state index in [2.05, 4.69) is 0 Å². The minimum Gasteiger partial charge on any atom is -0.346 e. The highest BCUT2D eigenvalue weighted by Crippen LogP contribution is 2.29. The summed E-state index contributed by atoms with van der Waals surface area (Å²) in [6.07, 6.45) is 0.798. The molecule has 2 aromatic carbocycles. The highest BCUT2D eigenvalue weighted by atomic mass is 16.2. The summed E-state index contributed by atoms with van der Waals surface area (Å²) in [4.78, 5) is 40.1. The summed E-state index contributed by atoms with van der Waals surface area (Å²) < 4.78 is 0. The van der Waals surface area contributed by atoms with Crippen molar-refractivity contribution in [3.05, 3.63) is 47.5 Å². The Morgan fingerprint density at radius 1 is 1.04 bits per heavy atom. The molecule has 0 aromatic heterocycles. The summed E-state index contributed by atoms with van der Waals surface area (Å²) >= 11 is 0. The Balaban J connectivity index is 1.81. The van der Waals surface area contributed by atoms with E-state index in [9.17, 15) is 14.4 Å². The summed E-state index contributed by atoms with van der Waals surface area (Å²) in [6.45, 7) is 2.81. The SMILES string of the molecule is CCN(C)C(=O)CCCN1C(=O)c2cccc3cccc(c23)C1=O. The van der Waals surface area contributed by atoms with Crippen LogP contribution in [0.1, 0.15) is 40.5 Å². The van der Waals surface area contributed by atoms with Crippen LogP contribution in [-0.4, -0.2) is 47.7 Å². The first kappa shape index (κ1) is 16.2. The van der Waals surface area contributed by atoms with Gasteiger partial charge in [0.25, 0.3) is 11.8 Å².